The van der Waals surface area contributed by atoms with Crippen LogP contribution in [0.3, 0.4) is 0 Å². The fourth-order valence-corrected chi connectivity index (χ4v) is 0.391. The van der Waals surface area contributed by atoms with E-state index >= 15 is 0 Å². The molecule has 0 aliphatic rings. The van der Waals surface area contributed by atoms with Gasteiger partial charge in [-0.25, -0.2) is 0 Å². The van der Waals surface area contributed by atoms with Gasteiger partial charge in [-0.15, -0.1) is 0 Å². The zero-order valence-electron chi connectivity index (χ0n) is 5.24. The van der Waals surface area contributed by atoms with Crippen molar-refractivity contribution in [3.8, 4) is 0 Å². The average molecular weight is 166 g/mol. The molecule has 0 saturated carbocycles. The minimum Gasteiger partial charge on any atom is -0.381 e. The molecule has 0 rings (SSSR count). The van der Waals surface area contributed by atoms with Crippen molar-refractivity contribution < 1.29 is 4.74 Å². The zero-order chi connectivity index (χ0) is 5.54. The first-order chi connectivity index (χ1) is 3.41. The summed E-state index contributed by atoms with van der Waals surface area (Å²) in [7, 11) is 0. The minimum atomic E-state index is 0. The summed E-state index contributed by atoms with van der Waals surface area (Å²) in [5.74, 6) is 0. The molecule has 0 spiro atoms. The summed E-state index contributed by atoms with van der Waals surface area (Å²) in [5, 5.41) is 0. The first-order valence-electron chi connectivity index (χ1n) is 2.99. The fourth-order valence-electron chi connectivity index (χ4n) is 0.391. The Kier molecular flexibility index (Phi) is 90.4. The first-order valence-corrected chi connectivity index (χ1v) is 2.99. The predicted octanol–water partition coefficient (Wildman–Crippen LogP) is 4.37. The number of hydrogen-bond acceptors (Lipinski definition) is 1. The van der Waals surface area contributed by atoms with Gasteiger partial charge in [0, 0.05) is 13.2 Å². The second-order valence-electron chi connectivity index (χ2n) is 1.61. The molecule has 0 heterocycles. The molecule has 1 heteroatoms. The van der Waals surface area contributed by atoms with Crippen LogP contribution in [0.5, 0.6) is 0 Å². The van der Waals surface area contributed by atoms with Gasteiger partial charge in [0.25, 0.3) is 0 Å². The van der Waals surface area contributed by atoms with Crippen LogP contribution in [0.25, 0.3) is 0 Å². The molecule has 0 N–H and O–H groups in total. The van der Waals surface area contributed by atoms with Crippen molar-refractivity contribution in [2.45, 2.75) is 56.4 Å². The summed E-state index contributed by atoms with van der Waals surface area (Å²) in [6.07, 6.45) is 2.28. The highest BCUT2D eigenvalue weighted by molar-refractivity contribution is 4.25. The van der Waals surface area contributed by atoms with Crippen molar-refractivity contribution in [1.29, 1.82) is 0 Å². The van der Waals surface area contributed by atoms with E-state index in [1.165, 1.54) is 0 Å². The Balaban J connectivity index is -0.0000000300. The minimum absolute atomic E-state index is 0. The van der Waals surface area contributed by atoms with E-state index in [1.54, 1.807) is 0 Å². The molecule has 11 heavy (non-hydrogen) atoms. The van der Waals surface area contributed by atoms with Crippen LogP contribution >= 0.6 is 0 Å². The maximum atomic E-state index is 5.13. The van der Waals surface area contributed by atoms with Gasteiger partial charge < -0.3 is 4.74 Å². The lowest BCUT2D eigenvalue weighted by molar-refractivity contribution is 0.135. The third-order valence-electron chi connectivity index (χ3n) is 0.697. The van der Waals surface area contributed by atoms with Gasteiger partial charge >= 0.3 is 0 Å². The third-order valence-corrected chi connectivity index (χ3v) is 0.697. The second kappa shape index (κ2) is 32.5. The van der Waals surface area contributed by atoms with Crippen LogP contribution in [0.1, 0.15) is 56.4 Å². The molecule has 0 aromatic heterocycles. The second-order valence-corrected chi connectivity index (χ2v) is 1.61. The van der Waals surface area contributed by atoms with Crippen molar-refractivity contribution in [3.05, 3.63) is 0 Å². The maximum absolute atomic E-state index is 5.13. The number of ether oxygens (including phenoxy) is 1. The van der Waals surface area contributed by atoms with E-state index in [2.05, 4.69) is 13.8 Å². The van der Waals surface area contributed by atoms with E-state index in [0.29, 0.717) is 0 Å². The van der Waals surface area contributed by atoms with E-state index in [-0.39, 0.29) is 29.7 Å². The van der Waals surface area contributed by atoms with Gasteiger partial charge in [-0.1, -0.05) is 43.6 Å². The van der Waals surface area contributed by atoms with Gasteiger partial charge in [0.2, 0.25) is 0 Å². The Hall–Kier alpha value is -0.0400. The van der Waals surface area contributed by atoms with Crippen LogP contribution in [0, 0.1) is 0 Å². The quantitative estimate of drug-likeness (QED) is 0.564. The average Bonchev–Trinajstić information content (AvgIpc) is 1.69. The lowest BCUT2D eigenvalue weighted by Gasteiger charge is -1.95. The Morgan fingerprint density at radius 3 is 1.18 bits per heavy atom. The smallest absolute Gasteiger partial charge is 0.0463 e. The molecule has 0 fully saturated rings. The summed E-state index contributed by atoms with van der Waals surface area (Å²) >= 11 is 0. The summed E-state index contributed by atoms with van der Waals surface area (Å²) in [6, 6.07) is 0. The Morgan fingerprint density at radius 1 is 0.727 bits per heavy atom. The van der Waals surface area contributed by atoms with Crippen LogP contribution in [0.4, 0.5) is 0 Å². The van der Waals surface area contributed by atoms with E-state index in [1.807, 2.05) is 0 Å². The maximum Gasteiger partial charge on any atom is 0.0463 e. The van der Waals surface area contributed by atoms with Gasteiger partial charge in [0.15, 0.2) is 0 Å². The lowest BCUT2D eigenvalue weighted by Crippen LogP contribution is -1.92. The normalized spacial score (nSPS) is 6.00. The van der Waals surface area contributed by atoms with Crippen molar-refractivity contribution in [2.24, 2.45) is 0 Å². The standard InChI is InChI=1S/C6H14O.4CH4/c1-3-5-7-6-4-2;;;;/h3-6H2,1-2H3;4*1H4. The molecule has 0 radical (unpaired) electrons. The van der Waals surface area contributed by atoms with Crippen LogP contribution in [0.2, 0.25) is 0 Å². The van der Waals surface area contributed by atoms with E-state index in [0.717, 1.165) is 26.1 Å². The fraction of sp³-hybridized carbons (Fsp3) is 1.00. The molecule has 0 atom stereocenters. The summed E-state index contributed by atoms with van der Waals surface area (Å²) in [5.41, 5.74) is 0. The van der Waals surface area contributed by atoms with Crippen LogP contribution in [0.15, 0.2) is 0 Å². The summed E-state index contributed by atoms with van der Waals surface area (Å²) < 4.78 is 5.13. The molecule has 0 aliphatic carbocycles. The Labute approximate surface area is 75.2 Å². The Morgan fingerprint density at radius 2 is 1.00 bits per heavy atom. The molecule has 0 aromatic rings. The first kappa shape index (κ1) is 30.6. The van der Waals surface area contributed by atoms with Crippen LogP contribution in [-0.4, -0.2) is 13.2 Å². The number of rotatable bonds is 4. The SMILES string of the molecule is C.C.C.C.CCCOCCC. The molecular weight excluding hydrogens is 136 g/mol. The Bertz CT molecular complexity index is 24.1. The molecule has 0 saturated heterocycles. The highest BCUT2D eigenvalue weighted by atomic mass is 16.5. The molecule has 1 nitrogen and oxygen atoms in total. The molecule has 0 aromatic carbocycles. The number of hydrogen-bond donors (Lipinski definition) is 0. The molecule has 76 valence electrons. The van der Waals surface area contributed by atoms with Crippen molar-refractivity contribution >= 4 is 0 Å². The van der Waals surface area contributed by atoms with E-state index in [4.69, 9.17) is 4.74 Å². The van der Waals surface area contributed by atoms with Gasteiger partial charge in [0.1, 0.15) is 0 Å². The molecule has 0 unspecified atom stereocenters. The van der Waals surface area contributed by atoms with Crippen LogP contribution in [-0.2, 0) is 4.74 Å². The third kappa shape index (κ3) is 40.2. The van der Waals surface area contributed by atoms with E-state index in [9.17, 15) is 0 Å². The monoisotopic (exact) mass is 166 g/mol. The van der Waals surface area contributed by atoms with Gasteiger partial charge in [-0.05, 0) is 12.8 Å². The molecule has 0 amide bonds. The van der Waals surface area contributed by atoms with E-state index < -0.39 is 0 Å². The van der Waals surface area contributed by atoms with Crippen molar-refractivity contribution in [3.63, 3.8) is 0 Å². The highest BCUT2D eigenvalue weighted by Crippen LogP contribution is 1.81. The lowest BCUT2D eigenvalue weighted by atomic mass is 10.5. The molecule has 0 aliphatic heterocycles. The zero-order valence-corrected chi connectivity index (χ0v) is 5.24. The van der Waals surface area contributed by atoms with Gasteiger partial charge in [0.05, 0.1) is 0 Å². The van der Waals surface area contributed by atoms with Crippen molar-refractivity contribution in [1.82, 2.24) is 0 Å². The van der Waals surface area contributed by atoms with Crippen LogP contribution < -0.4 is 0 Å². The molecule has 0 bridgehead atoms. The molecular formula is C10H30O. The highest BCUT2D eigenvalue weighted by Gasteiger charge is 1.77. The van der Waals surface area contributed by atoms with Gasteiger partial charge in [-0.2, -0.15) is 0 Å². The van der Waals surface area contributed by atoms with Gasteiger partial charge in [-0.3, -0.25) is 0 Å². The van der Waals surface area contributed by atoms with Crippen molar-refractivity contribution in [2.75, 3.05) is 13.2 Å². The summed E-state index contributed by atoms with van der Waals surface area (Å²) in [4.78, 5) is 0. The summed E-state index contributed by atoms with van der Waals surface area (Å²) in [6.45, 7) is 6.09. The topological polar surface area (TPSA) is 9.23 Å². The largest absolute Gasteiger partial charge is 0.381 e. The predicted molar refractivity (Wildman–Crippen MR) is 58.3 cm³/mol.